The van der Waals surface area contributed by atoms with Crippen LogP contribution in [0.4, 0.5) is 10.1 Å². The molecule has 2 heterocycles. The average molecular weight is 456 g/mol. The van der Waals surface area contributed by atoms with Crippen LogP contribution in [0.15, 0.2) is 53.7 Å². The maximum atomic E-state index is 13.5. The Kier molecular flexibility index (Phi) is 7.51. The molecule has 7 nitrogen and oxygen atoms in total. The zero-order valence-corrected chi connectivity index (χ0v) is 18.8. The number of nitrogens with zero attached hydrogens (tertiary/aromatic N) is 4. The van der Waals surface area contributed by atoms with Crippen LogP contribution in [-0.4, -0.2) is 64.2 Å². The summed E-state index contributed by atoms with van der Waals surface area (Å²) in [6.45, 7) is 6.10. The minimum Gasteiger partial charge on any atom is -0.379 e. The molecule has 1 amide bonds. The van der Waals surface area contributed by atoms with Gasteiger partial charge in [-0.3, -0.25) is 14.3 Å². The third kappa shape index (κ3) is 5.93. The fraction of sp³-hybridized carbons (Fsp3) is 0.348. The zero-order chi connectivity index (χ0) is 22.3. The minimum atomic E-state index is -0.302. The van der Waals surface area contributed by atoms with Crippen molar-refractivity contribution in [2.45, 2.75) is 18.5 Å². The number of amides is 1. The van der Waals surface area contributed by atoms with Crippen LogP contribution in [-0.2, 0) is 16.0 Å². The van der Waals surface area contributed by atoms with Gasteiger partial charge in [-0.1, -0.05) is 29.5 Å². The van der Waals surface area contributed by atoms with Gasteiger partial charge in [0.05, 0.1) is 19.0 Å². The summed E-state index contributed by atoms with van der Waals surface area (Å²) in [7, 11) is 0. The van der Waals surface area contributed by atoms with Crippen molar-refractivity contribution in [2.75, 3.05) is 43.9 Å². The number of anilines is 1. The summed E-state index contributed by atoms with van der Waals surface area (Å²) in [4.78, 5) is 14.8. The molecule has 1 fully saturated rings. The van der Waals surface area contributed by atoms with E-state index in [1.807, 2.05) is 35.8 Å². The first kappa shape index (κ1) is 22.4. The monoisotopic (exact) mass is 455 g/mol. The maximum Gasteiger partial charge on any atom is 0.234 e. The number of morpholine rings is 1. The lowest BCUT2D eigenvalue weighted by Crippen LogP contribution is -2.37. The molecule has 2 aromatic carbocycles. The van der Waals surface area contributed by atoms with Gasteiger partial charge >= 0.3 is 0 Å². The van der Waals surface area contributed by atoms with E-state index in [4.69, 9.17) is 4.74 Å². The number of carbonyl (C=O) groups is 1. The SMILES string of the molecule is Cc1ccc(NC(=O)CSc2nnc(CCN3CCOCC3)n2-c2ccc(F)cc2)cc1. The number of thioether (sulfide) groups is 1. The highest BCUT2D eigenvalue weighted by molar-refractivity contribution is 7.99. The molecule has 0 bridgehead atoms. The van der Waals surface area contributed by atoms with Crippen molar-refractivity contribution < 1.29 is 13.9 Å². The molecular weight excluding hydrogens is 429 g/mol. The molecule has 1 saturated heterocycles. The highest BCUT2D eigenvalue weighted by Gasteiger charge is 2.18. The number of aromatic nitrogens is 3. The Labute approximate surface area is 191 Å². The van der Waals surface area contributed by atoms with E-state index in [1.165, 1.54) is 23.9 Å². The molecule has 0 unspecified atom stereocenters. The summed E-state index contributed by atoms with van der Waals surface area (Å²) >= 11 is 1.31. The topological polar surface area (TPSA) is 72.3 Å². The Morgan fingerprint density at radius 3 is 2.53 bits per heavy atom. The predicted octanol–water partition coefficient (Wildman–Crippen LogP) is 3.32. The van der Waals surface area contributed by atoms with Gasteiger partial charge in [0, 0.05) is 37.4 Å². The van der Waals surface area contributed by atoms with Gasteiger partial charge in [-0.15, -0.1) is 10.2 Å². The van der Waals surface area contributed by atoms with Gasteiger partial charge in [-0.2, -0.15) is 0 Å². The van der Waals surface area contributed by atoms with Gasteiger partial charge in [0.25, 0.3) is 0 Å². The molecule has 0 radical (unpaired) electrons. The molecule has 3 aromatic rings. The summed E-state index contributed by atoms with van der Waals surface area (Å²) < 4.78 is 20.8. The molecule has 1 aliphatic heterocycles. The smallest absolute Gasteiger partial charge is 0.234 e. The first-order valence-electron chi connectivity index (χ1n) is 10.6. The second-order valence-corrected chi connectivity index (χ2v) is 8.56. The molecule has 1 aromatic heterocycles. The summed E-state index contributed by atoms with van der Waals surface area (Å²) in [5, 5.41) is 12.2. The largest absolute Gasteiger partial charge is 0.379 e. The van der Waals surface area contributed by atoms with Gasteiger partial charge < -0.3 is 10.1 Å². The van der Waals surface area contributed by atoms with E-state index in [0.717, 1.165) is 55.6 Å². The first-order valence-corrected chi connectivity index (χ1v) is 11.6. The van der Waals surface area contributed by atoms with Gasteiger partial charge in [0.1, 0.15) is 11.6 Å². The number of hydrogen-bond acceptors (Lipinski definition) is 6. The summed E-state index contributed by atoms with van der Waals surface area (Å²) in [5.41, 5.74) is 2.66. The third-order valence-electron chi connectivity index (χ3n) is 5.21. The van der Waals surface area contributed by atoms with Crippen molar-refractivity contribution in [2.24, 2.45) is 0 Å². The summed E-state index contributed by atoms with van der Waals surface area (Å²) in [6, 6.07) is 13.9. The highest BCUT2D eigenvalue weighted by atomic mass is 32.2. The van der Waals surface area contributed by atoms with Crippen molar-refractivity contribution in [3.63, 3.8) is 0 Å². The number of benzene rings is 2. The van der Waals surface area contributed by atoms with E-state index in [9.17, 15) is 9.18 Å². The molecule has 4 rings (SSSR count). The van der Waals surface area contributed by atoms with Gasteiger partial charge in [0.2, 0.25) is 5.91 Å². The van der Waals surface area contributed by atoms with Crippen molar-refractivity contribution in [1.29, 1.82) is 0 Å². The van der Waals surface area contributed by atoms with Gasteiger partial charge in [-0.05, 0) is 43.3 Å². The number of hydrogen-bond donors (Lipinski definition) is 1. The van der Waals surface area contributed by atoms with Crippen molar-refractivity contribution >= 4 is 23.4 Å². The average Bonchev–Trinajstić information content (AvgIpc) is 3.22. The second kappa shape index (κ2) is 10.7. The highest BCUT2D eigenvalue weighted by Crippen LogP contribution is 2.23. The van der Waals surface area contributed by atoms with Crippen LogP contribution in [0.25, 0.3) is 5.69 Å². The minimum absolute atomic E-state index is 0.123. The molecule has 168 valence electrons. The Morgan fingerprint density at radius 2 is 1.81 bits per heavy atom. The van der Waals surface area contributed by atoms with E-state index in [-0.39, 0.29) is 17.5 Å². The fourth-order valence-electron chi connectivity index (χ4n) is 3.45. The molecular formula is C23H26FN5O2S. The van der Waals surface area contributed by atoms with E-state index in [1.54, 1.807) is 12.1 Å². The zero-order valence-electron chi connectivity index (χ0n) is 18.0. The lowest BCUT2D eigenvalue weighted by atomic mass is 10.2. The summed E-state index contributed by atoms with van der Waals surface area (Å²) in [6.07, 6.45) is 0.695. The predicted molar refractivity (Wildman–Crippen MR) is 123 cm³/mol. The van der Waals surface area contributed by atoms with Crippen LogP contribution in [0.2, 0.25) is 0 Å². The van der Waals surface area contributed by atoms with E-state index >= 15 is 0 Å². The standard InChI is InChI=1S/C23H26FN5O2S/c1-17-2-6-19(7-3-17)25-22(30)16-32-23-27-26-21(10-11-28-12-14-31-15-13-28)29(23)20-8-4-18(24)5-9-20/h2-9H,10-16H2,1H3,(H,25,30). The van der Waals surface area contributed by atoms with Crippen LogP contribution < -0.4 is 5.32 Å². The summed E-state index contributed by atoms with van der Waals surface area (Å²) in [5.74, 6) is 0.548. The maximum absolute atomic E-state index is 13.5. The molecule has 0 aliphatic carbocycles. The Bertz CT molecular complexity index is 1030. The molecule has 9 heteroatoms. The molecule has 32 heavy (non-hydrogen) atoms. The van der Waals surface area contributed by atoms with Crippen LogP contribution in [0.3, 0.4) is 0 Å². The molecule has 1 aliphatic rings. The number of halogens is 1. The molecule has 0 saturated carbocycles. The quantitative estimate of drug-likeness (QED) is 0.526. The van der Waals surface area contributed by atoms with Crippen molar-refractivity contribution in [3.8, 4) is 5.69 Å². The lowest BCUT2D eigenvalue weighted by molar-refractivity contribution is -0.113. The Hall–Kier alpha value is -2.75. The van der Waals surface area contributed by atoms with E-state index in [0.29, 0.717) is 11.6 Å². The van der Waals surface area contributed by atoms with E-state index in [2.05, 4.69) is 20.4 Å². The first-order chi connectivity index (χ1) is 15.6. The van der Waals surface area contributed by atoms with Crippen LogP contribution >= 0.6 is 11.8 Å². The Balaban J connectivity index is 1.46. The van der Waals surface area contributed by atoms with Crippen molar-refractivity contribution in [3.05, 3.63) is 65.7 Å². The third-order valence-corrected chi connectivity index (χ3v) is 6.14. The fourth-order valence-corrected chi connectivity index (χ4v) is 4.22. The van der Waals surface area contributed by atoms with Crippen LogP contribution in [0.1, 0.15) is 11.4 Å². The van der Waals surface area contributed by atoms with Crippen LogP contribution in [0, 0.1) is 12.7 Å². The number of aryl methyl sites for hydroxylation is 1. The van der Waals surface area contributed by atoms with Gasteiger partial charge in [-0.25, -0.2) is 4.39 Å². The number of carbonyl (C=O) groups excluding carboxylic acids is 1. The Morgan fingerprint density at radius 1 is 1.09 bits per heavy atom. The van der Waals surface area contributed by atoms with Crippen molar-refractivity contribution in [1.82, 2.24) is 19.7 Å². The molecule has 0 spiro atoms. The van der Waals surface area contributed by atoms with E-state index < -0.39 is 0 Å². The number of nitrogens with one attached hydrogen (secondary N) is 1. The molecule has 0 atom stereocenters. The lowest BCUT2D eigenvalue weighted by Gasteiger charge is -2.26. The normalized spacial score (nSPS) is 14.4. The van der Waals surface area contributed by atoms with Gasteiger partial charge in [0.15, 0.2) is 5.16 Å². The number of rotatable bonds is 8. The number of ether oxygens (including phenoxy) is 1. The molecule has 1 N–H and O–H groups in total. The van der Waals surface area contributed by atoms with Crippen LogP contribution in [0.5, 0.6) is 0 Å². The second-order valence-electron chi connectivity index (χ2n) is 7.62.